The van der Waals surface area contributed by atoms with E-state index < -0.39 is 9.84 Å². The molecule has 124 valence electrons. The van der Waals surface area contributed by atoms with Crippen molar-refractivity contribution in [2.24, 2.45) is 0 Å². The number of nitrogens with zero attached hydrogens (tertiary/aromatic N) is 1. The molecule has 0 fully saturated rings. The fraction of sp³-hybridized carbons (Fsp3) is 0.118. The zero-order chi connectivity index (χ0) is 17.3. The Kier molecular flexibility index (Phi) is 4.47. The molecule has 0 bridgehead atoms. The van der Waals surface area contributed by atoms with E-state index in [2.05, 4.69) is 26.2 Å². The summed E-state index contributed by atoms with van der Waals surface area (Å²) in [7, 11) is -2.17. The summed E-state index contributed by atoms with van der Waals surface area (Å²) >= 11 is 3.36. The first-order valence-electron chi connectivity index (χ1n) is 7.18. The molecule has 0 aliphatic rings. The van der Waals surface area contributed by atoms with Crippen LogP contribution in [-0.2, 0) is 9.84 Å². The molecule has 0 aliphatic carbocycles. The van der Waals surface area contributed by atoms with Crippen molar-refractivity contribution in [1.82, 2.24) is 4.98 Å². The minimum Gasteiger partial charge on any atom is -0.419 e. The summed E-state index contributed by atoms with van der Waals surface area (Å²) in [4.78, 5) is 4.40. The Balaban J connectivity index is 2.10. The summed E-state index contributed by atoms with van der Waals surface area (Å²) in [6.07, 6.45) is 0. The first-order valence-corrected chi connectivity index (χ1v) is 9.45. The van der Waals surface area contributed by atoms with Crippen molar-refractivity contribution in [2.75, 3.05) is 12.4 Å². The molecule has 7 heteroatoms. The van der Waals surface area contributed by atoms with E-state index in [1.807, 2.05) is 19.1 Å². The molecule has 1 heterocycles. The number of sulfone groups is 1. The Morgan fingerprint density at radius 1 is 1.04 bits per heavy atom. The summed E-state index contributed by atoms with van der Waals surface area (Å²) < 4.78 is 32.2. The van der Waals surface area contributed by atoms with Gasteiger partial charge in [0.1, 0.15) is 0 Å². The summed E-state index contributed by atoms with van der Waals surface area (Å²) in [5.41, 5.74) is 1.68. The van der Waals surface area contributed by atoms with Crippen molar-refractivity contribution >= 4 is 31.7 Å². The molecule has 0 aliphatic heterocycles. The second-order valence-corrected chi connectivity index (χ2v) is 8.01. The monoisotopic (exact) mass is 406 g/mol. The van der Waals surface area contributed by atoms with Crippen LogP contribution in [0.1, 0.15) is 5.56 Å². The maximum atomic E-state index is 12.9. The highest BCUT2D eigenvalue weighted by Crippen LogP contribution is 2.32. The zero-order valence-corrected chi connectivity index (χ0v) is 15.5. The fourth-order valence-corrected chi connectivity index (χ4v) is 3.76. The number of aryl methyl sites for hydroxylation is 1. The minimum absolute atomic E-state index is 0.119. The van der Waals surface area contributed by atoms with Crippen LogP contribution in [0.15, 0.2) is 67.3 Å². The van der Waals surface area contributed by atoms with Gasteiger partial charge in [-0.25, -0.2) is 8.42 Å². The lowest BCUT2D eigenvalue weighted by Gasteiger charge is -2.03. The van der Waals surface area contributed by atoms with Gasteiger partial charge in [0.05, 0.1) is 4.90 Å². The van der Waals surface area contributed by atoms with E-state index in [0.717, 1.165) is 10.0 Å². The van der Waals surface area contributed by atoms with Crippen LogP contribution in [0.25, 0.3) is 11.5 Å². The lowest BCUT2D eigenvalue weighted by molar-refractivity contribution is 0.580. The molecule has 0 unspecified atom stereocenters. The minimum atomic E-state index is -3.77. The van der Waals surface area contributed by atoms with Crippen molar-refractivity contribution in [3.05, 3.63) is 58.6 Å². The van der Waals surface area contributed by atoms with Crippen molar-refractivity contribution < 1.29 is 12.8 Å². The van der Waals surface area contributed by atoms with E-state index in [4.69, 9.17) is 4.42 Å². The molecule has 0 amide bonds. The zero-order valence-electron chi connectivity index (χ0n) is 13.1. The van der Waals surface area contributed by atoms with E-state index in [0.29, 0.717) is 5.56 Å². The average Bonchev–Trinajstić information content (AvgIpc) is 3.01. The van der Waals surface area contributed by atoms with Gasteiger partial charge >= 0.3 is 0 Å². The van der Waals surface area contributed by atoms with Crippen LogP contribution in [0.2, 0.25) is 0 Å². The van der Waals surface area contributed by atoms with Gasteiger partial charge in [-0.2, -0.15) is 4.98 Å². The van der Waals surface area contributed by atoms with Crippen LogP contribution in [0, 0.1) is 6.92 Å². The number of anilines is 1. The van der Waals surface area contributed by atoms with Crippen LogP contribution >= 0.6 is 15.9 Å². The third kappa shape index (κ3) is 3.09. The fourth-order valence-electron chi connectivity index (χ4n) is 2.19. The number of aromatic nitrogens is 1. The van der Waals surface area contributed by atoms with Gasteiger partial charge in [-0.1, -0.05) is 33.6 Å². The lowest BCUT2D eigenvalue weighted by atomic mass is 10.2. The Morgan fingerprint density at radius 2 is 1.67 bits per heavy atom. The first-order chi connectivity index (χ1) is 11.4. The molecule has 3 aromatic rings. The van der Waals surface area contributed by atoms with Crippen LogP contribution in [0.5, 0.6) is 0 Å². The number of oxazole rings is 1. The van der Waals surface area contributed by atoms with Crippen molar-refractivity contribution in [3.8, 4) is 11.5 Å². The molecular weight excluding hydrogens is 392 g/mol. The van der Waals surface area contributed by atoms with Crippen LogP contribution in [0.4, 0.5) is 5.88 Å². The Labute approximate surface area is 148 Å². The molecule has 0 radical (unpaired) electrons. The predicted molar refractivity (Wildman–Crippen MR) is 95.8 cm³/mol. The molecule has 3 rings (SSSR count). The van der Waals surface area contributed by atoms with Gasteiger partial charge in [0.2, 0.25) is 26.6 Å². The summed E-state index contributed by atoms with van der Waals surface area (Å²) in [5, 5.41) is 2.65. The van der Waals surface area contributed by atoms with Gasteiger partial charge in [-0.15, -0.1) is 0 Å². The third-order valence-corrected chi connectivity index (χ3v) is 5.71. The number of benzene rings is 2. The van der Waals surface area contributed by atoms with Gasteiger partial charge in [0.15, 0.2) is 0 Å². The van der Waals surface area contributed by atoms with Gasteiger partial charge in [-0.05, 0) is 43.3 Å². The van der Waals surface area contributed by atoms with E-state index in [9.17, 15) is 8.42 Å². The Morgan fingerprint density at radius 3 is 2.25 bits per heavy atom. The first kappa shape index (κ1) is 16.7. The van der Waals surface area contributed by atoms with Crippen molar-refractivity contribution in [2.45, 2.75) is 16.8 Å². The van der Waals surface area contributed by atoms with Gasteiger partial charge < -0.3 is 9.73 Å². The highest BCUT2D eigenvalue weighted by atomic mass is 79.9. The molecule has 24 heavy (non-hydrogen) atoms. The van der Waals surface area contributed by atoms with Crippen LogP contribution in [0.3, 0.4) is 0 Å². The van der Waals surface area contributed by atoms with Gasteiger partial charge in [-0.3, -0.25) is 0 Å². The molecule has 5 nitrogen and oxygen atoms in total. The standard InChI is InChI=1S/C17H15BrN2O3S/c1-11-3-9-14(10-4-11)24(21,22)17-16(19-2)23-15(20-17)12-5-7-13(18)8-6-12/h3-10,19H,1-2H3. The largest absolute Gasteiger partial charge is 0.419 e. The molecule has 0 spiro atoms. The smallest absolute Gasteiger partial charge is 0.233 e. The molecule has 2 aromatic carbocycles. The van der Waals surface area contributed by atoms with E-state index in [1.54, 1.807) is 43.4 Å². The van der Waals surface area contributed by atoms with E-state index >= 15 is 0 Å². The van der Waals surface area contributed by atoms with E-state index in [-0.39, 0.29) is 21.7 Å². The molecular formula is C17H15BrN2O3S. The maximum absolute atomic E-state index is 12.9. The number of hydrogen-bond donors (Lipinski definition) is 1. The Hall–Kier alpha value is -2.12. The lowest BCUT2D eigenvalue weighted by Crippen LogP contribution is -2.05. The molecule has 1 N–H and O–H groups in total. The van der Waals surface area contributed by atoms with Crippen LogP contribution < -0.4 is 5.32 Å². The number of hydrogen-bond acceptors (Lipinski definition) is 5. The predicted octanol–water partition coefficient (Wildman–Crippen LogP) is 4.29. The summed E-state index contributed by atoms with van der Waals surface area (Å²) in [6, 6.07) is 13.9. The van der Waals surface area contributed by atoms with Crippen molar-refractivity contribution in [1.29, 1.82) is 0 Å². The summed E-state index contributed by atoms with van der Waals surface area (Å²) in [5.74, 6) is 0.367. The average molecular weight is 407 g/mol. The second kappa shape index (κ2) is 6.41. The quantitative estimate of drug-likeness (QED) is 0.699. The van der Waals surface area contributed by atoms with Gasteiger partial charge in [0.25, 0.3) is 0 Å². The topological polar surface area (TPSA) is 72.2 Å². The molecule has 1 aromatic heterocycles. The summed E-state index contributed by atoms with van der Waals surface area (Å²) in [6.45, 7) is 1.90. The third-order valence-electron chi connectivity index (χ3n) is 3.50. The number of nitrogens with one attached hydrogen (secondary N) is 1. The number of halogens is 1. The second-order valence-electron chi connectivity index (χ2n) is 5.23. The maximum Gasteiger partial charge on any atom is 0.233 e. The van der Waals surface area contributed by atoms with E-state index in [1.165, 1.54) is 0 Å². The van der Waals surface area contributed by atoms with Crippen molar-refractivity contribution in [3.63, 3.8) is 0 Å². The Bertz CT molecular complexity index is 962. The van der Waals surface area contributed by atoms with Crippen LogP contribution in [-0.4, -0.2) is 20.4 Å². The highest BCUT2D eigenvalue weighted by Gasteiger charge is 2.27. The molecule has 0 atom stereocenters. The highest BCUT2D eigenvalue weighted by molar-refractivity contribution is 9.10. The molecule has 0 saturated heterocycles. The normalized spacial score (nSPS) is 11.5. The van der Waals surface area contributed by atoms with Gasteiger partial charge in [0, 0.05) is 17.1 Å². The SMILES string of the molecule is CNc1oc(-c2ccc(Br)cc2)nc1S(=O)(=O)c1ccc(C)cc1. The number of rotatable bonds is 4. The molecule has 0 saturated carbocycles.